The second-order valence-electron chi connectivity index (χ2n) is 6.24. The molecule has 4 nitrogen and oxygen atoms in total. The molecule has 0 spiro atoms. The molecule has 1 unspecified atom stereocenters. The summed E-state index contributed by atoms with van der Waals surface area (Å²) in [6.45, 7) is 3.92. The van der Waals surface area contributed by atoms with Gasteiger partial charge in [-0.2, -0.15) is 0 Å². The quantitative estimate of drug-likeness (QED) is 0.894. The molecule has 20 heavy (non-hydrogen) atoms. The second-order valence-corrected chi connectivity index (χ2v) is 8.89. The third-order valence-corrected chi connectivity index (χ3v) is 6.37. The first-order chi connectivity index (χ1) is 9.21. The number of sulfone groups is 1. The number of hydrogen-bond acceptors (Lipinski definition) is 4. The van der Waals surface area contributed by atoms with Gasteiger partial charge in [0.05, 0.1) is 4.75 Å². The van der Waals surface area contributed by atoms with E-state index in [1.165, 1.54) is 11.8 Å². The molecule has 1 atom stereocenters. The monoisotopic (exact) mass is 297 g/mol. The van der Waals surface area contributed by atoms with E-state index in [-0.39, 0.29) is 6.04 Å². The lowest BCUT2D eigenvalue weighted by Crippen LogP contribution is -2.43. The highest BCUT2D eigenvalue weighted by atomic mass is 32.2. The van der Waals surface area contributed by atoms with Crippen molar-refractivity contribution in [1.82, 2.24) is 5.32 Å². The van der Waals surface area contributed by atoms with Crippen LogP contribution in [0.25, 0.3) is 0 Å². The predicted molar refractivity (Wildman–Crippen MR) is 80.7 cm³/mol. The maximum absolute atomic E-state index is 11.7. The number of nitrogens with one attached hydrogen (secondary N) is 1. The molecule has 2 N–H and O–H groups in total. The van der Waals surface area contributed by atoms with Gasteiger partial charge in [-0.3, -0.25) is 0 Å². The summed E-state index contributed by atoms with van der Waals surface area (Å²) in [5, 5.41) is 12.9. The predicted octanol–water partition coefficient (Wildman–Crippen LogP) is 2.18. The van der Waals surface area contributed by atoms with E-state index < -0.39 is 14.6 Å². The molecule has 0 aromatic heterocycles. The first kappa shape index (κ1) is 15.3. The molecule has 0 heterocycles. The zero-order chi connectivity index (χ0) is 15.0. The molecule has 0 radical (unpaired) electrons. The summed E-state index contributed by atoms with van der Waals surface area (Å²) in [5.74, 6) is 0.292. The summed E-state index contributed by atoms with van der Waals surface area (Å²) >= 11 is 0. The minimum Gasteiger partial charge on any atom is -0.508 e. The fourth-order valence-electron chi connectivity index (χ4n) is 2.51. The number of phenols is 1. The van der Waals surface area contributed by atoms with E-state index >= 15 is 0 Å². The zero-order valence-electron chi connectivity index (χ0n) is 12.3. The molecule has 5 heteroatoms. The molecule has 0 bridgehead atoms. The van der Waals surface area contributed by atoms with Gasteiger partial charge in [0, 0.05) is 18.8 Å². The van der Waals surface area contributed by atoms with Crippen molar-refractivity contribution < 1.29 is 13.5 Å². The van der Waals surface area contributed by atoms with Crippen LogP contribution in [0.2, 0.25) is 0 Å². The van der Waals surface area contributed by atoms with Gasteiger partial charge >= 0.3 is 0 Å². The average molecular weight is 297 g/mol. The Morgan fingerprint density at radius 3 is 2.75 bits per heavy atom. The van der Waals surface area contributed by atoms with E-state index in [0.29, 0.717) is 12.3 Å². The van der Waals surface area contributed by atoms with Crippen LogP contribution in [0, 0.1) is 0 Å². The lowest BCUT2D eigenvalue weighted by atomic mass is 9.87. The first-order valence-corrected chi connectivity index (χ1v) is 8.85. The lowest BCUT2D eigenvalue weighted by molar-refractivity contribution is 0.426. The zero-order valence-corrected chi connectivity index (χ0v) is 13.1. The Bertz CT molecular complexity index is 593. The Labute approximate surface area is 121 Å². The lowest BCUT2D eigenvalue weighted by Gasteiger charge is -2.30. The molecule has 0 saturated carbocycles. The molecule has 0 aliphatic heterocycles. The summed E-state index contributed by atoms with van der Waals surface area (Å²) in [6, 6.07) is 5.61. The van der Waals surface area contributed by atoms with E-state index in [0.717, 1.165) is 24.8 Å². The maximum Gasteiger partial charge on any atom is 0.153 e. The number of phenolic OH excluding ortho intramolecular Hbond substituents is 1. The van der Waals surface area contributed by atoms with Crippen LogP contribution in [0.3, 0.4) is 0 Å². The molecule has 1 aliphatic rings. The highest BCUT2D eigenvalue weighted by molar-refractivity contribution is 7.92. The molecule has 2 rings (SSSR count). The van der Waals surface area contributed by atoms with Crippen molar-refractivity contribution in [2.75, 3.05) is 12.8 Å². The number of hydrogen-bond donors (Lipinski definition) is 2. The Hall–Kier alpha value is -1.07. The van der Waals surface area contributed by atoms with Crippen LogP contribution >= 0.6 is 0 Å². The van der Waals surface area contributed by atoms with E-state index in [9.17, 15) is 13.5 Å². The Morgan fingerprint density at radius 2 is 2.10 bits per heavy atom. The largest absolute Gasteiger partial charge is 0.508 e. The normalized spacial score (nSPS) is 19.6. The van der Waals surface area contributed by atoms with Gasteiger partial charge in [0.15, 0.2) is 9.84 Å². The van der Waals surface area contributed by atoms with Crippen molar-refractivity contribution in [1.29, 1.82) is 0 Å². The Morgan fingerprint density at radius 1 is 1.40 bits per heavy atom. The summed E-state index contributed by atoms with van der Waals surface area (Å²) < 4.78 is 22.7. The fourth-order valence-corrected chi connectivity index (χ4v) is 2.86. The van der Waals surface area contributed by atoms with Crippen LogP contribution in [-0.2, 0) is 16.3 Å². The minimum absolute atomic E-state index is 0.167. The van der Waals surface area contributed by atoms with Gasteiger partial charge in [-0.05, 0) is 56.4 Å². The van der Waals surface area contributed by atoms with Gasteiger partial charge in [0.2, 0.25) is 0 Å². The summed E-state index contributed by atoms with van der Waals surface area (Å²) in [4.78, 5) is 0. The van der Waals surface area contributed by atoms with E-state index in [2.05, 4.69) is 5.32 Å². The van der Waals surface area contributed by atoms with Crippen molar-refractivity contribution in [2.24, 2.45) is 0 Å². The first-order valence-electron chi connectivity index (χ1n) is 6.95. The highest BCUT2D eigenvalue weighted by Gasteiger charge is 2.31. The third kappa shape index (κ3) is 3.15. The Kier molecular flexibility index (Phi) is 4.12. The molecule has 1 aromatic rings. The smallest absolute Gasteiger partial charge is 0.153 e. The van der Waals surface area contributed by atoms with Crippen LogP contribution < -0.4 is 5.32 Å². The Balaban J connectivity index is 2.14. The molecular formula is C15H23NO3S. The molecule has 1 aromatic carbocycles. The number of fused-ring (bicyclic) bond motifs is 1. The van der Waals surface area contributed by atoms with Gasteiger partial charge in [0.25, 0.3) is 0 Å². The van der Waals surface area contributed by atoms with Crippen molar-refractivity contribution in [3.63, 3.8) is 0 Å². The molecule has 0 amide bonds. The summed E-state index contributed by atoms with van der Waals surface area (Å²) in [7, 11) is -3.09. The molecule has 1 aliphatic carbocycles. The van der Waals surface area contributed by atoms with Crippen LogP contribution in [0.15, 0.2) is 18.2 Å². The minimum atomic E-state index is -3.09. The van der Waals surface area contributed by atoms with Crippen molar-refractivity contribution >= 4 is 9.84 Å². The van der Waals surface area contributed by atoms with Gasteiger partial charge < -0.3 is 10.4 Å². The average Bonchev–Trinajstić information content (AvgIpc) is 2.34. The molecule has 112 valence electrons. The van der Waals surface area contributed by atoms with Gasteiger partial charge in [-0.15, -0.1) is 0 Å². The molecular weight excluding hydrogens is 274 g/mol. The topological polar surface area (TPSA) is 66.4 Å². The van der Waals surface area contributed by atoms with Gasteiger partial charge in [-0.25, -0.2) is 8.42 Å². The van der Waals surface area contributed by atoms with Crippen LogP contribution in [-0.4, -0.2) is 31.1 Å². The summed E-state index contributed by atoms with van der Waals surface area (Å²) in [6.07, 6.45) is 4.30. The van der Waals surface area contributed by atoms with E-state index in [1.807, 2.05) is 12.1 Å². The van der Waals surface area contributed by atoms with Crippen LogP contribution in [0.1, 0.15) is 43.9 Å². The molecule has 0 saturated heterocycles. The SMILES string of the molecule is CC(C)(CNC1CCCc2cc(O)ccc21)S(C)(=O)=O. The van der Waals surface area contributed by atoms with E-state index in [1.54, 1.807) is 19.9 Å². The van der Waals surface area contributed by atoms with Gasteiger partial charge in [-0.1, -0.05) is 6.07 Å². The standard InChI is InChI=1S/C15H23NO3S/c1-15(2,20(3,18)19)10-16-14-6-4-5-11-9-12(17)7-8-13(11)14/h7-9,14,16-17H,4-6,10H2,1-3H3. The van der Waals surface area contributed by atoms with Gasteiger partial charge in [0.1, 0.15) is 5.75 Å². The maximum atomic E-state index is 11.7. The van der Waals surface area contributed by atoms with Crippen LogP contribution in [0.5, 0.6) is 5.75 Å². The van der Waals surface area contributed by atoms with Crippen molar-refractivity contribution in [2.45, 2.75) is 43.9 Å². The number of aromatic hydroxyl groups is 1. The number of rotatable bonds is 4. The van der Waals surface area contributed by atoms with Crippen molar-refractivity contribution in [3.8, 4) is 5.75 Å². The second kappa shape index (κ2) is 5.37. The van der Waals surface area contributed by atoms with Crippen molar-refractivity contribution in [3.05, 3.63) is 29.3 Å². The highest BCUT2D eigenvalue weighted by Crippen LogP contribution is 2.32. The summed E-state index contributed by atoms with van der Waals surface area (Å²) in [5.41, 5.74) is 2.34. The fraction of sp³-hybridized carbons (Fsp3) is 0.600. The van der Waals surface area contributed by atoms with E-state index in [4.69, 9.17) is 0 Å². The third-order valence-electron chi connectivity index (χ3n) is 4.22. The molecule has 0 fully saturated rings. The number of aryl methyl sites for hydroxylation is 1. The van der Waals surface area contributed by atoms with Crippen LogP contribution in [0.4, 0.5) is 0 Å². The number of benzene rings is 1.